The van der Waals surface area contributed by atoms with Crippen LogP contribution in [-0.2, 0) is 12.8 Å². The summed E-state index contributed by atoms with van der Waals surface area (Å²) in [5.74, 6) is 1.09. The molecule has 4 rings (SSSR count). The molecule has 1 atom stereocenters. The third kappa shape index (κ3) is 2.12. The zero-order valence-corrected chi connectivity index (χ0v) is 15.1. The molecule has 1 aliphatic heterocycles. The van der Waals surface area contributed by atoms with Gasteiger partial charge in [0.1, 0.15) is 6.04 Å². The van der Waals surface area contributed by atoms with Gasteiger partial charge >= 0.3 is 0 Å². The lowest BCUT2D eigenvalue weighted by atomic mass is 9.75. The number of ether oxygens (including phenoxy) is 2. The van der Waals surface area contributed by atoms with E-state index in [1.54, 1.807) is 20.3 Å². The average Bonchev–Trinajstić information content (AvgIpc) is 2.60. The van der Waals surface area contributed by atoms with Crippen LogP contribution in [0.4, 0.5) is 0 Å². The van der Waals surface area contributed by atoms with Crippen LogP contribution in [0.25, 0.3) is 11.1 Å². The molecule has 2 aromatic carbocycles. The van der Waals surface area contributed by atoms with Crippen molar-refractivity contribution in [1.29, 1.82) is 0 Å². The fourth-order valence-electron chi connectivity index (χ4n) is 4.45. The molecule has 2 N–H and O–H groups in total. The predicted molar refractivity (Wildman–Crippen MR) is 95.4 cm³/mol. The third-order valence-electron chi connectivity index (χ3n) is 5.84. The van der Waals surface area contributed by atoms with Crippen molar-refractivity contribution in [3.8, 4) is 34.1 Å². The topological polar surface area (TPSA) is 58.9 Å². The van der Waals surface area contributed by atoms with Crippen molar-refractivity contribution in [3.05, 3.63) is 34.9 Å². The van der Waals surface area contributed by atoms with Gasteiger partial charge in [0.15, 0.2) is 23.0 Å². The summed E-state index contributed by atoms with van der Waals surface area (Å²) in [5.41, 5.74) is 4.89. The fourth-order valence-corrected chi connectivity index (χ4v) is 4.45. The second-order valence-corrected chi connectivity index (χ2v) is 7.50. The summed E-state index contributed by atoms with van der Waals surface area (Å²) in [6.45, 7) is 1.00. The first-order chi connectivity index (χ1) is 11.9. The lowest BCUT2D eigenvalue weighted by Gasteiger charge is -2.46. The Morgan fingerprint density at radius 3 is 2.48 bits per heavy atom. The van der Waals surface area contributed by atoms with Crippen LogP contribution in [0.2, 0.25) is 0 Å². The molecule has 2 aliphatic rings. The molecule has 0 spiro atoms. The van der Waals surface area contributed by atoms with Gasteiger partial charge in [-0.3, -0.25) is 0 Å². The van der Waals surface area contributed by atoms with Crippen LogP contribution in [0.3, 0.4) is 0 Å². The maximum absolute atomic E-state index is 10.8. The third-order valence-corrected chi connectivity index (χ3v) is 5.84. The number of rotatable bonds is 2. The van der Waals surface area contributed by atoms with E-state index in [0.717, 1.165) is 46.1 Å². The Balaban J connectivity index is 2.12. The molecule has 5 nitrogen and oxygen atoms in total. The number of quaternary nitrogens is 1. The summed E-state index contributed by atoms with van der Waals surface area (Å²) >= 11 is 0. The number of nitrogens with zero attached hydrogens (tertiary/aromatic N) is 1. The summed E-state index contributed by atoms with van der Waals surface area (Å²) in [6.07, 6.45) is 1.74. The molecule has 2 aromatic rings. The van der Waals surface area contributed by atoms with E-state index in [9.17, 15) is 10.2 Å². The molecular weight excluding hydrogens is 318 g/mol. The molecule has 0 unspecified atom stereocenters. The van der Waals surface area contributed by atoms with Crippen molar-refractivity contribution in [2.75, 3.05) is 34.9 Å². The summed E-state index contributed by atoms with van der Waals surface area (Å²) < 4.78 is 12.0. The number of benzene rings is 2. The van der Waals surface area contributed by atoms with Crippen LogP contribution >= 0.6 is 0 Å². The molecular formula is C20H24NO4+. The fraction of sp³-hybridized carbons (Fsp3) is 0.400. The minimum atomic E-state index is -0.0718. The molecule has 0 aromatic heterocycles. The number of phenolic OH excluding ortho intramolecular Hbond substituents is 2. The van der Waals surface area contributed by atoms with Crippen molar-refractivity contribution in [3.63, 3.8) is 0 Å². The average molecular weight is 342 g/mol. The van der Waals surface area contributed by atoms with Crippen LogP contribution in [0, 0.1) is 0 Å². The Bertz CT molecular complexity index is 873. The highest BCUT2D eigenvalue weighted by Crippen LogP contribution is 2.56. The van der Waals surface area contributed by atoms with Gasteiger partial charge in [0.25, 0.3) is 0 Å². The van der Waals surface area contributed by atoms with Gasteiger partial charge in [-0.2, -0.15) is 0 Å². The number of hydrogen-bond donors (Lipinski definition) is 2. The number of fused-ring (bicyclic) bond motifs is 2. The predicted octanol–water partition coefficient (Wildman–Crippen LogP) is 3.01. The summed E-state index contributed by atoms with van der Waals surface area (Å²) in [5, 5.41) is 21.1. The van der Waals surface area contributed by atoms with Crippen molar-refractivity contribution in [2.24, 2.45) is 0 Å². The Hall–Kier alpha value is -2.40. The second kappa shape index (κ2) is 5.30. The summed E-state index contributed by atoms with van der Waals surface area (Å²) in [4.78, 5) is 0. The number of aromatic hydroxyl groups is 2. The van der Waals surface area contributed by atoms with Crippen molar-refractivity contribution < 1.29 is 24.2 Å². The minimum Gasteiger partial charge on any atom is -0.504 e. The highest BCUT2D eigenvalue weighted by molar-refractivity contribution is 5.88. The second-order valence-electron chi connectivity index (χ2n) is 7.50. The molecule has 0 radical (unpaired) electrons. The van der Waals surface area contributed by atoms with Crippen LogP contribution < -0.4 is 9.47 Å². The van der Waals surface area contributed by atoms with Gasteiger partial charge in [-0.05, 0) is 23.3 Å². The monoisotopic (exact) mass is 342 g/mol. The molecule has 0 bridgehead atoms. The van der Waals surface area contributed by atoms with Gasteiger partial charge in [-0.1, -0.05) is 6.07 Å². The van der Waals surface area contributed by atoms with E-state index in [4.69, 9.17) is 9.47 Å². The number of likely N-dealkylation sites (N-methyl/N-ethyl adjacent to an activating group) is 1. The molecule has 0 amide bonds. The molecule has 0 saturated heterocycles. The lowest BCUT2D eigenvalue weighted by molar-refractivity contribution is -0.923. The largest absolute Gasteiger partial charge is 0.504 e. The van der Waals surface area contributed by atoms with Gasteiger partial charge in [0.05, 0.1) is 34.9 Å². The number of methoxy groups -OCH3 is 2. The van der Waals surface area contributed by atoms with Gasteiger partial charge < -0.3 is 24.2 Å². The molecule has 132 valence electrons. The summed E-state index contributed by atoms with van der Waals surface area (Å²) in [6, 6.07) is 5.91. The number of hydrogen-bond acceptors (Lipinski definition) is 4. The quantitative estimate of drug-likeness (QED) is 0.651. The van der Waals surface area contributed by atoms with Crippen molar-refractivity contribution >= 4 is 0 Å². The van der Waals surface area contributed by atoms with Gasteiger partial charge in [0.2, 0.25) is 0 Å². The lowest BCUT2D eigenvalue weighted by Crippen LogP contribution is -2.49. The zero-order valence-electron chi connectivity index (χ0n) is 15.1. The van der Waals surface area contributed by atoms with E-state index < -0.39 is 0 Å². The summed E-state index contributed by atoms with van der Waals surface area (Å²) in [7, 11) is 7.67. The smallest absolute Gasteiger partial charge is 0.168 e. The SMILES string of the molecule is COc1ccc2c(c1OC)-c1c(O)c(O)cc3c1[C@H](C2)[N+](C)(C)CC3. The maximum Gasteiger partial charge on any atom is 0.168 e. The molecule has 0 fully saturated rings. The zero-order chi connectivity index (χ0) is 17.9. The van der Waals surface area contributed by atoms with E-state index in [2.05, 4.69) is 14.1 Å². The first-order valence-electron chi connectivity index (χ1n) is 8.53. The molecule has 25 heavy (non-hydrogen) atoms. The number of phenols is 2. The van der Waals surface area contributed by atoms with E-state index in [-0.39, 0.29) is 17.5 Å². The normalized spacial score (nSPS) is 19.8. The molecule has 5 heteroatoms. The van der Waals surface area contributed by atoms with Crippen molar-refractivity contribution in [1.82, 2.24) is 0 Å². The van der Waals surface area contributed by atoms with E-state index >= 15 is 0 Å². The van der Waals surface area contributed by atoms with Gasteiger partial charge in [-0.25, -0.2) is 0 Å². The first kappa shape index (κ1) is 16.1. The minimum absolute atomic E-state index is 0.0712. The first-order valence-corrected chi connectivity index (χ1v) is 8.53. The molecule has 1 heterocycles. The van der Waals surface area contributed by atoms with Crippen LogP contribution in [0.15, 0.2) is 18.2 Å². The highest BCUT2D eigenvalue weighted by Gasteiger charge is 2.44. The van der Waals surface area contributed by atoms with Crippen molar-refractivity contribution in [2.45, 2.75) is 18.9 Å². The van der Waals surface area contributed by atoms with Gasteiger partial charge in [0, 0.05) is 29.5 Å². The van der Waals surface area contributed by atoms with Crippen LogP contribution in [0.1, 0.15) is 22.7 Å². The van der Waals surface area contributed by atoms with E-state index in [1.165, 1.54) is 0 Å². The van der Waals surface area contributed by atoms with E-state index in [1.807, 2.05) is 12.1 Å². The Morgan fingerprint density at radius 1 is 1.04 bits per heavy atom. The van der Waals surface area contributed by atoms with E-state index in [0.29, 0.717) is 17.1 Å². The van der Waals surface area contributed by atoms with Crippen LogP contribution in [0.5, 0.6) is 23.0 Å². The maximum atomic E-state index is 10.8. The highest BCUT2D eigenvalue weighted by atomic mass is 16.5. The van der Waals surface area contributed by atoms with Crippen LogP contribution in [-0.4, -0.2) is 49.6 Å². The van der Waals surface area contributed by atoms with Gasteiger partial charge in [-0.15, -0.1) is 0 Å². The standard InChI is InChI=1S/C20H23NO4/c1-21(2)8-7-12-10-14(22)19(23)18-16(12)13(21)9-11-5-6-15(24-3)20(25-4)17(11)18/h5-6,10,13H,7-9H2,1-4H3,(H-,22,23)/p+1/t13-/m0/s1. The molecule has 1 aliphatic carbocycles. The Morgan fingerprint density at radius 2 is 1.80 bits per heavy atom. The Kier molecular flexibility index (Phi) is 3.41. The Labute approximate surface area is 147 Å². The molecule has 0 saturated carbocycles.